The lowest BCUT2D eigenvalue weighted by Gasteiger charge is -2.09. The van der Waals surface area contributed by atoms with Gasteiger partial charge >= 0.3 is 15.9 Å². The molecule has 0 aliphatic rings. The van der Waals surface area contributed by atoms with Gasteiger partial charge in [0.15, 0.2) is 0 Å². The fraction of sp³-hybridized carbons (Fsp3) is 0.667. The van der Waals surface area contributed by atoms with E-state index in [9.17, 15) is 9.13 Å². The Kier molecular flexibility index (Phi) is 5.77. The van der Waals surface area contributed by atoms with E-state index in [1.165, 1.54) is 13.0 Å². The molecule has 0 aromatic rings. The molecule has 5 nitrogen and oxygen atoms in total. The summed E-state index contributed by atoms with van der Waals surface area (Å²) in [6, 6.07) is 0. The van der Waals surface area contributed by atoms with Gasteiger partial charge in [0.2, 0.25) is 0 Å². The minimum Gasteiger partial charge on any atom is -0.326 e. The molecule has 0 radical (unpaired) electrons. The number of rotatable bonds is 5. The molecule has 2 N–H and O–H groups in total. The Balaban J connectivity index is 4.44. The molecule has 0 amide bonds. The van der Waals surface area contributed by atoms with E-state index in [4.69, 9.17) is 9.79 Å². The van der Waals surface area contributed by atoms with E-state index in [0.29, 0.717) is 6.42 Å². The molecule has 0 bridgehead atoms. The van der Waals surface area contributed by atoms with Crippen molar-refractivity contribution in [3.8, 4) is 0 Å². The van der Waals surface area contributed by atoms with Crippen molar-refractivity contribution < 1.29 is 23.2 Å². The molecule has 0 saturated heterocycles. The van der Waals surface area contributed by atoms with E-state index in [1.54, 1.807) is 0 Å². The van der Waals surface area contributed by atoms with Gasteiger partial charge in [0.05, 0.1) is 0 Å². The van der Waals surface area contributed by atoms with Crippen LogP contribution in [0.1, 0.15) is 26.7 Å². The van der Waals surface area contributed by atoms with Crippen LogP contribution in [-0.2, 0) is 13.4 Å². The molecule has 13 heavy (non-hydrogen) atoms. The van der Waals surface area contributed by atoms with Crippen LogP contribution in [0.2, 0.25) is 0 Å². The van der Waals surface area contributed by atoms with E-state index in [2.05, 4.69) is 4.31 Å². The second kappa shape index (κ2) is 5.74. The van der Waals surface area contributed by atoms with Gasteiger partial charge in [-0.3, -0.25) is 9.13 Å². The summed E-state index contributed by atoms with van der Waals surface area (Å²) in [5, 5.41) is 0.113. The predicted molar refractivity (Wildman–Crippen MR) is 50.8 cm³/mol. The number of hydrogen-bond donors (Lipinski definition) is 2. The van der Waals surface area contributed by atoms with Gasteiger partial charge in [-0.1, -0.05) is 19.4 Å². The molecule has 0 fully saturated rings. The standard InChI is InChI=1S/C6H14O5P2/c1-3-4-5-6(2)13(9,10)11-12(7)8/h5,12H,3-4H2,1-2H3,(H,7,8)(H,9,10). The van der Waals surface area contributed by atoms with E-state index >= 15 is 0 Å². The molecule has 0 aromatic carbocycles. The summed E-state index contributed by atoms with van der Waals surface area (Å²) in [5.74, 6) is 0. The summed E-state index contributed by atoms with van der Waals surface area (Å²) in [5.41, 5.74) is 0. The van der Waals surface area contributed by atoms with E-state index in [-0.39, 0.29) is 5.31 Å². The molecular weight excluding hydrogens is 214 g/mol. The molecule has 2 atom stereocenters. The van der Waals surface area contributed by atoms with E-state index < -0.39 is 15.9 Å². The largest absolute Gasteiger partial charge is 0.361 e. The van der Waals surface area contributed by atoms with Crippen LogP contribution < -0.4 is 0 Å². The number of unbranched alkanes of at least 4 members (excludes halogenated alkanes) is 1. The van der Waals surface area contributed by atoms with Crippen LogP contribution in [0.25, 0.3) is 0 Å². The molecule has 2 unspecified atom stereocenters. The van der Waals surface area contributed by atoms with Gasteiger partial charge in [0.1, 0.15) is 0 Å². The van der Waals surface area contributed by atoms with E-state index in [0.717, 1.165) is 6.42 Å². The minimum atomic E-state index is -4.03. The highest BCUT2D eigenvalue weighted by atomic mass is 31.2. The maximum Gasteiger partial charge on any atom is 0.361 e. The maximum atomic E-state index is 11.2. The molecule has 0 heterocycles. The van der Waals surface area contributed by atoms with Crippen molar-refractivity contribution in [3.63, 3.8) is 0 Å². The maximum absolute atomic E-state index is 11.2. The summed E-state index contributed by atoms with van der Waals surface area (Å²) < 4.78 is 25.4. The molecule has 0 saturated carbocycles. The molecule has 7 heteroatoms. The van der Waals surface area contributed by atoms with E-state index in [1.807, 2.05) is 6.92 Å². The molecule has 0 rings (SSSR count). The topological polar surface area (TPSA) is 83.8 Å². The Morgan fingerprint density at radius 3 is 2.62 bits per heavy atom. The van der Waals surface area contributed by atoms with Crippen molar-refractivity contribution in [1.82, 2.24) is 0 Å². The van der Waals surface area contributed by atoms with Crippen LogP contribution in [0.5, 0.6) is 0 Å². The van der Waals surface area contributed by atoms with Gasteiger partial charge in [-0.15, -0.1) is 0 Å². The number of allylic oxidation sites excluding steroid dienone is 2. The van der Waals surface area contributed by atoms with Gasteiger partial charge in [0.25, 0.3) is 0 Å². The quantitative estimate of drug-likeness (QED) is 0.705. The van der Waals surface area contributed by atoms with Gasteiger partial charge in [-0.2, -0.15) is 0 Å². The Morgan fingerprint density at radius 2 is 2.23 bits per heavy atom. The van der Waals surface area contributed by atoms with Crippen molar-refractivity contribution in [2.24, 2.45) is 0 Å². The minimum absolute atomic E-state index is 0.113. The van der Waals surface area contributed by atoms with Crippen molar-refractivity contribution in [2.75, 3.05) is 0 Å². The average Bonchev–Trinajstić information content (AvgIpc) is 1.97. The molecule has 78 valence electrons. The monoisotopic (exact) mass is 228 g/mol. The fourth-order valence-corrected chi connectivity index (χ4v) is 2.43. The second-order valence-corrected chi connectivity index (χ2v) is 5.52. The first-order valence-corrected chi connectivity index (χ1v) is 6.67. The van der Waals surface area contributed by atoms with Gasteiger partial charge < -0.3 is 9.79 Å². The van der Waals surface area contributed by atoms with Crippen LogP contribution in [-0.4, -0.2) is 9.79 Å². The van der Waals surface area contributed by atoms with Crippen molar-refractivity contribution >= 4 is 15.9 Å². The first-order valence-electron chi connectivity index (χ1n) is 3.82. The predicted octanol–water partition coefficient (Wildman–Crippen LogP) is 2.27. The zero-order chi connectivity index (χ0) is 10.5. The Hall–Kier alpha value is 0.0800. The van der Waals surface area contributed by atoms with Crippen LogP contribution in [0.15, 0.2) is 11.4 Å². The Labute approximate surface area is 77.9 Å². The number of hydrogen-bond acceptors (Lipinski definition) is 3. The summed E-state index contributed by atoms with van der Waals surface area (Å²) >= 11 is 0. The molecule has 0 aromatic heterocycles. The SMILES string of the molecule is CCCC=C(C)P(=O)(O)O[PH](=O)O. The van der Waals surface area contributed by atoms with Gasteiger partial charge in [-0.05, 0) is 13.3 Å². The fourth-order valence-electron chi connectivity index (χ4n) is 0.646. The third kappa shape index (κ3) is 5.40. The summed E-state index contributed by atoms with van der Waals surface area (Å²) in [7, 11) is -7.39. The summed E-state index contributed by atoms with van der Waals surface area (Å²) in [6.45, 7) is 3.32. The smallest absolute Gasteiger partial charge is 0.326 e. The lowest BCUT2D eigenvalue weighted by Crippen LogP contribution is -1.84. The van der Waals surface area contributed by atoms with Crippen LogP contribution in [0.4, 0.5) is 0 Å². The third-order valence-electron chi connectivity index (χ3n) is 1.38. The summed E-state index contributed by atoms with van der Waals surface area (Å²) in [6.07, 6.45) is 3.02. The first-order chi connectivity index (χ1) is 5.90. The third-order valence-corrected chi connectivity index (χ3v) is 4.06. The lowest BCUT2D eigenvalue weighted by molar-refractivity contribution is 0.356. The van der Waals surface area contributed by atoms with Crippen molar-refractivity contribution in [3.05, 3.63) is 11.4 Å². The van der Waals surface area contributed by atoms with Gasteiger partial charge in [0, 0.05) is 5.31 Å². The Bertz CT molecular complexity index is 260. The van der Waals surface area contributed by atoms with Crippen LogP contribution in [0.3, 0.4) is 0 Å². The lowest BCUT2D eigenvalue weighted by atomic mass is 10.3. The Morgan fingerprint density at radius 1 is 1.69 bits per heavy atom. The highest BCUT2D eigenvalue weighted by molar-refractivity contribution is 7.63. The second-order valence-electron chi connectivity index (χ2n) is 2.51. The van der Waals surface area contributed by atoms with Crippen LogP contribution >= 0.6 is 15.9 Å². The first kappa shape index (κ1) is 13.1. The average molecular weight is 228 g/mol. The zero-order valence-corrected chi connectivity index (χ0v) is 9.45. The molecule has 0 spiro atoms. The highest BCUT2D eigenvalue weighted by Crippen LogP contribution is 2.56. The van der Waals surface area contributed by atoms with Crippen molar-refractivity contribution in [2.45, 2.75) is 26.7 Å². The van der Waals surface area contributed by atoms with Crippen molar-refractivity contribution in [1.29, 1.82) is 0 Å². The normalized spacial score (nSPS) is 19.5. The van der Waals surface area contributed by atoms with Crippen LogP contribution in [0, 0.1) is 0 Å². The van der Waals surface area contributed by atoms with Gasteiger partial charge in [-0.25, -0.2) is 4.31 Å². The summed E-state index contributed by atoms with van der Waals surface area (Å²) in [4.78, 5) is 17.4. The molecule has 0 aliphatic heterocycles. The zero-order valence-electron chi connectivity index (χ0n) is 7.56. The molecule has 0 aliphatic carbocycles. The highest BCUT2D eigenvalue weighted by Gasteiger charge is 2.23. The molecular formula is C6H14O5P2.